The lowest BCUT2D eigenvalue weighted by Crippen LogP contribution is -2.37. The average molecular weight is 366 g/mol. The molecule has 2 rings (SSSR count). The Kier molecular flexibility index (Phi) is 7.60. The first-order valence-corrected chi connectivity index (χ1v) is 7.74. The van der Waals surface area contributed by atoms with Gasteiger partial charge >= 0.3 is 0 Å². The zero-order chi connectivity index (χ0) is 17.7. The van der Waals surface area contributed by atoms with Crippen LogP contribution in [0, 0.1) is 0 Å². The van der Waals surface area contributed by atoms with Gasteiger partial charge in [0.1, 0.15) is 6.04 Å². The van der Waals surface area contributed by atoms with E-state index in [0.29, 0.717) is 5.69 Å². The van der Waals surface area contributed by atoms with E-state index in [0.717, 1.165) is 11.1 Å². The number of likely N-dealkylation sites (N-methyl/N-ethyl adjacent to an activating group) is 1. The highest BCUT2D eigenvalue weighted by Crippen LogP contribution is 2.19. The van der Waals surface area contributed by atoms with E-state index in [4.69, 9.17) is 0 Å². The molecule has 8 heteroatoms. The lowest BCUT2D eigenvalue weighted by Gasteiger charge is -2.20. The maximum absolute atomic E-state index is 12.6. The van der Waals surface area contributed by atoms with Crippen molar-refractivity contribution in [3.8, 4) is 0 Å². The zero-order valence-corrected chi connectivity index (χ0v) is 15.6. The van der Waals surface area contributed by atoms with Crippen molar-refractivity contribution in [2.24, 2.45) is 7.05 Å². The van der Waals surface area contributed by atoms with Gasteiger partial charge in [0.05, 0.1) is 12.2 Å². The topological polar surface area (TPSA) is 88.1 Å². The second-order valence-corrected chi connectivity index (χ2v) is 5.71. The fourth-order valence-corrected chi connectivity index (χ4v) is 2.51. The highest BCUT2D eigenvalue weighted by atomic mass is 35.5. The third kappa shape index (κ3) is 5.58. The fourth-order valence-electron chi connectivity index (χ4n) is 2.51. The molecule has 0 aliphatic heterocycles. The van der Waals surface area contributed by atoms with Gasteiger partial charge in [-0.25, -0.2) is 0 Å². The highest BCUT2D eigenvalue weighted by Gasteiger charge is 2.22. The molecule has 0 fully saturated rings. The van der Waals surface area contributed by atoms with Crippen LogP contribution in [0.4, 0.5) is 5.69 Å². The molecule has 0 aliphatic rings. The SMILES string of the molecule is CNC(C(=O)NC(C)c1cccc(NC(C)=O)c1)c1cnn(C)c1.Cl. The van der Waals surface area contributed by atoms with Crippen LogP contribution in [0.3, 0.4) is 0 Å². The molecular formula is C17H24ClN5O2. The Hall–Kier alpha value is -2.38. The minimum Gasteiger partial charge on any atom is -0.348 e. The molecule has 2 amide bonds. The quantitative estimate of drug-likeness (QED) is 0.730. The summed E-state index contributed by atoms with van der Waals surface area (Å²) in [6, 6.07) is 6.75. The van der Waals surface area contributed by atoms with Gasteiger partial charge in [0.2, 0.25) is 11.8 Å². The van der Waals surface area contributed by atoms with E-state index in [1.165, 1.54) is 6.92 Å². The molecule has 0 saturated heterocycles. The first kappa shape index (κ1) is 20.7. The van der Waals surface area contributed by atoms with Crippen LogP contribution in [0.2, 0.25) is 0 Å². The number of aryl methyl sites for hydroxylation is 1. The predicted octanol–water partition coefficient (Wildman–Crippen LogP) is 1.94. The second-order valence-electron chi connectivity index (χ2n) is 5.71. The minimum atomic E-state index is -0.473. The largest absolute Gasteiger partial charge is 0.348 e. The summed E-state index contributed by atoms with van der Waals surface area (Å²) in [5, 5.41) is 12.8. The Morgan fingerprint density at radius 1 is 1.24 bits per heavy atom. The molecule has 0 radical (unpaired) electrons. The number of rotatable bonds is 6. The molecule has 1 aromatic heterocycles. The molecule has 2 unspecified atom stereocenters. The predicted molar refractivity (Wildman–Crippen MR) is 99.6 cm³/mol. The standard InChI is InChI=1S/C17H23N5O2.ClH/c1-11(13-6-5-7-15(8-13)21-12(2)23)20-17(24)16(18-3)14-9-19-22(4)10-14;/h5-11,16,18H,1-4H3,(H,20,24)(H,21,23);1H. The normalized spacial score (nSPS) is 12.6. The number of amides is 2. The number of hydrogen-bond acceptors (Lipinski definition) is 4. The molecule has 136 valence electrons. The van der Waals surface area contributed by atoms with E-state index < -0.39 is 6.04 Å². The van der Waals surface area contributed by atoms with Crippen LogP contribution >= 0.6 is 12.4 Å². The van der Waals surface area contributed by atoms with Gasteiger partial charge in [0, 0.05) is 31.4 Å². The van der Waals surface area contributed by atoms with E-state index in [-0.39, 0.29) is 30.3 Å². The van der Waals surface area contributed by atoms with Crippen LogP contribution in [0.25, 0.3) is 0 Å². The van der Waals surface area contributed by atoms with Crippen LogP contribution in [-0.2, 0) is 16.6 Å². The van der Waals surface area contributed by atoms with Gasteiger partial charge in [-0.1, -0.05) is 12.1 Å². The number of aromatic nitrogens is 2. The molecule has 2 aromatic rings. The third-order valence-electron chi connectivity index (χ3n) is 3.67. The first-order chi connectivity index (χ1) is 11.4. The van der Waals surface area contributed by atoms with E-state index in [2.05, 4.69) is 21.0 Å². The molecule has 2 atom stereocenters. The second kappa shape index (κ2) is 9.19. The number of nitrogens with one attached hydrogen (secondary N) is 3. The zero-order valence-electron chi connectivity index (χ0n) is 14.7. The van der Waals surface area contributed by atoms with Crippen molar-refractivity contribution >= 4 is 29.9 Å². The van der Waals surface area contributed by atoms with Crippen molar-refractivity contribution in [3.05, 3.63) is 47.8 Å². The van der Waals surface area contributed by atoms with Crippen molar-refractivity contribution in [1.29, 1.82) is 0 Å². The number of nitrogens with zero attached hydrogens (tertiary/aromatic N) is 2. The van der Waals surface area contributed by atoms with E-state index in [9.17, 15) is 9.59 Å². The van der Waals surface area contributed by atoms with Crippen molar-refractivity contribution < 1.29 is 9.59 Å². The summed E-state index contributed by atoms with van der Waals surface area (Å²) in [7, 11) is 3.55. The molecule has 1 heterocycles. The lowest BCUT2D eigenvalue weighted by atomic mass is 10.1. The molecule has 0 bridgehead atoms. The summed E-state index contributed by atoms with van der Waals surface area (Å²) in [4.78, 5) is 23.7. The molecule has 0 saturated carbocycles. The Balaban J connectivity index is 0.00000312. The Bertz CT molecular complexity index is 731. The van der Waals surface area contributed by atoms with Gasteiger partial charge < -0.3 is 16.0 Å². The molecule has 7 nitrogen and oxygen atoms in total. The maximum atomic E-state index is 12.6. The number of anilines is 1. The van der Waals surface area contributed by atoms with Crippen LogP contribution < -0.4 is 16.0 Å². The number of carbonyl (C=O) groups excluding carboxylic acids is 2. The van der Waals surface area contributed by atoms with Crippen molar-refractivity contribution in [1.82, 2.24) is 20.4 Å². The highest BCUT2D eigenvalue weighted by molar-refractivity contribution is 5.88. The van der Waals surface area contributed by atoms with Gasteiger partial charge in [0.15, 0.2) is 0 Å². The first-order valence-electron chi connectivity index (χ1n) is 7.74. The number of carbonyl (C=O) groups is 2. The van der Waals surface area contributed by atoms with E-state index >= 15 is 0 Å². The van der Waals surface area contributed by atoms with Crippen LogP contribution in [0.15, 0.2) is 36.7 Å². The van der Waals surface area contributed by atoms with Crippen LogP contribution in [-0.4, -0.2) is 28.6 Å². The molecular weight excluding hydrogens is 342 g/mol. The van der Waals surface area contributed by atoms with Crippen LogP contribution in [0.5, 0.6) is 0 Å². The average Bonchev–Trinajstić information content (AvgIpc) is 2.93. The van der Waals surface area contributed by atoms with Crippen LogP contribution in [0.1, 0.15) is 37.1 Å². The molecule has 0 aliphatic carbocycles. The molecule has 25 heavy (non-hydrogen) atoms. The van der Waals surface area contributed by atoms with Gasteiger partial charge in [-0.15, -0.1) is 12.4 Å². The number of hydrogen-bond donors (Lipinski definition) is 3. The summed E-state index contributed by atoms with van der Waals surface area (Å²) >= 11 is 0. The van der Waals surface area contributed by atoms with E-state index in [1.807, 2.05) is 44.4 Å². The monoisotopic (exact) mass is 365 g/mol. The van der Waals surface area contributed by atoms with E-state index in [1.54, 1.807) is 17.9 Å². The van der Waals surface area contributed by atoms with Gasteiger partial charge in [-0.3, -0.25) is 14.3 Å². The minimum absolute atomic E-state index is 0. The third-order valence-corrected chi connectivity index (χ3v) is 3.67. The Morgan fingerprint density at radius 3 is 2.52 bits per heavy atom. The number of benzene rings is 1. The van der Waals surface area contributed by atoms with Crippen molar-refractivity contribution in [2.75, 3.05) is 12.4 Å². The smallest absolute Gasteiger partial charge is 0.242 e. The maximum Gasteiger partial charge on any atom is 0.242 e. The molecule has 0 spiro atoms. The van der Waals surface area contributed by atoms with Crippen molar-refractivity contribution in [3.63, 3.8) is 0 Å². The fraction of sp³-hybridized carbons (Fsp3) is 0.353. The molecule has 3 N–H and O–H groups in total. The summed E-state index contributed by atoms with van der Waals surface area (Å²) in [5.41, 5.74) is 2.42. The molecule has 1 aromatic carbocycles. The number of halogens is 1. The summed E-state index contributed by atoms with van der Waals surface area (Å²) in [6.45, 7) is 3.37. The summed E-state index contributed by atoms with van der Waals surface area (Å²) in [5.74, 6) is -0.265. The van der Waals surface area contributed by atoms with Gasteiger partial charge in [0.25, 0.3) is 0 Å². The summed E-state index contributed by atoms with van der Waals surface area (Å²) in [6.07, 6.45) is 3.48. The van der Waals surface area contributed by atoms with Crippen molar-refractivity contribution in [2.45, 2.75) is 25.9 Å². The lowest BCUT2D eigenvalue weighted by molar-refractivity contribution is -0.123. The summed E-state index contributed by atoms with van der Waals surface area (Å²) < 4.78 is 1.66. The van der Waals surface area contributed by atoms with Gasteiger partial charge in [-0.2, -0.15) is 5.10 Å². The Labute approximate surface area is 153 Å². The van der Waals surface area contributed by atoms with Gasteiger partial charge in [-0.05, 0) is 31.7 Å². The Morgan fingerprint density at radius 2 is 1.96 bits per heavy atom.